The summed E-state index contributed by atoms with van der Waals surface area (Å²) in [6.45, 7) is 3.50. The van der Waals surface area contributed by atoms with Crippen LogP contribution >= 0.6 is 15.9 Å². The maximum atomic E-state index is 12.0. The first-order valence-electron chi connectivity index (χ1n) is 5.86. The SMILES string of the molecule is Cc1cc(C(=O)CC(=O)c2ccc(Br)cc2)c(C)o1. The third-order valence-electron chi connectivity index (χ3n) is 2.83. The number of hydrogen-bond donors (Lipinski definition) is 0. The van der Waals surface area contributed by atoms with Crippen LogP contribution in [0.3, 0.4) is 0 Å². The molecule has 0 saturated heterocycles. The summed E-state index contributed by atoms with van der Waals surface area (Å²) in [6, 6.07) is 8.64. The fourth-order valence-corrected chi connectivity index (χ4v) is 2.15. The summed E-state index contributed by atoms with van der Waals surface area (Å²) >= 11 is 3.30. The van der Waals surface area contributed by atoms with Gasteiger partial charge < -0.3 is 4.42 Å². The molecule has 1 aromatic heterocycles. The summed E-state index contributed by atoms with van der Waals surface area (Å²) in [5.74, 6) is 0.848. The lowest BCUT2D eigenvalue weighted by Gasteiger charge is -2.00. The molecule has 4 heteroatoms. The van der Waals surface area contributed by atoms with Crippen molar-refractivity contribution in [2.75, 3.05) is 0 Å². The molecule has 0 aliphatic rings. The van der Waals surface area contributed by atoms with E-state index < -0.39 is 0 Å². The first-order valence-corrected chi connectivity index (χ1v) is 6.65. The van der Waals surface area contributed by atoms with E-state index in [4.69, 9.17) is 4.42 Å². The first-order chi connectivity index (χ1) is 8.97. The molecule has 0 amide bonds. The van der Waals surface area contributed by atoms with Crippen LogP contribution < -0.4 is 0 Å². The molecule has 0 fully saturated rings. The van der Waals surface area contributed by atoms with Crippen LogP contribution in [0.4, 0.5) is 0 Å². The molecule has 3 nitrogen and oxygen atoms in total. The lowest BCUT2D eigenvalue weighted by Crippen LogP contribution is -2.08. The molecule has 19 heavy (non-hydrogen) atoms. The topological polar surface area (TPSA) is 47.3 Å². The van der Waals surface area contributed by atoms with Crippen molar-refractivity contribution < 1.29 is 14.0 Å². The van der Waals surface area contributed by atoms with Gasteiger partial charge in [0.25, 0.3) is 0 Å². The van der Waals surface area contributed by atoms with E-state index in [0.29, 0.717) is 22.6 Å². The summed E-state index contributed by atoms with van der Waals surface area (Å²) in [6.07, 6.45) is -0.137. The normalized spacial score (nSPS) is 10.5. The van der Waals surface area contributed by atoms with Crippen LogP contribution in [0.25, 0.3) is 0 Å². The number of ketones is 2. The second-order valence-corrected chi connectivity index (χ2v) is 5.27. The second-order valence-electron chi connectivity index (χ2n) is 4.36. The molecule has 2 aromatic rings. The van der Waals surface area contributed by atoms with Crippen molar-refractivity contribution in [3.8, 4) is 0 Å². The molecule has 0 aliphatic carbocycles. The molecule has 0 unspecified atom stereocenters. The van der Waals surface area contributed by atoms with Gasteiger partial charge in [-0.25, -0.2) is 0 Å². The van der Waals surface area contributed by atoms with Gasteiger partial charge in [-0.1, -0.05) is 28.1 Å². The fraction of sp³-hybridized carbons (Fsp3) is 0.200. The molecule has 1 heterocycles. The highest BCUT2D eigenvalue weighted by atomic mass is 79.9. The molecule has 0 atom stereocenters. The van der Waals surface area contributed by atoms with Crippen molar-refractivity contribution >= 4 is 27.5 Å². The summed E-state index contributed by atoms with van der Waals surface area (Å²) in [7, 11) is 0. The third-order valence-corrected chi connectivity index (χ3v) is 3.36. The molecule has 0 aliphatic heterocycles. The van der Waals surface area contributed by atoms with Gasteiger partial charge in [0, 0.05) is 10.0 Å². The molecule has 0 radical (unpaired) electrons. The summed E-state index contributed by atoms with van der Waals surface area (Å²) in [5.41, 5.74) is 1.03. The smallest absolute Gasteiger partial charge is 0.174 e. The number of carbonyl (C=O) groups excluding carboxylic acids is 2. The van der Waals surface area contributed by atoms with E-state index in [1.807, 2.05) is 0 Å². The van der Waals surface area contributed by atoms with Crippen LogP contribution in [0.1, 0.15) is 38.7 Å². The lowest BCUT2D eigenvalue weighted by molar-refractivity contribution is 0.0893. The minimum Gasteiger partial charge on any atom is -0.466 e. The first kappa shape index (κ1) is 13.7. The van der Waals surface area contributed by atoms with E-state index in [1.54, 1.807) is 44.2 Å². The minimum atomic E-state index is -0.206. The monoisotopic (exact) mass is 320 g/mol. The van der Waals surface area contributed by atoms with Gasteiger partial charge in [-0.05, 0) is 32.0 Å². The van der Waals surface area contributed by atoms with Crippen LogP contribution in [-0.4, -0.2) is 11.6 Å². The van der Waals surface area contributed by atoms with Crippen molar-refractivity contribution in [2.45, 2.75) is 20.3 Å². The van der Waals surface area contributed by atoms with Crippen LogP contribution in [0.15, 0.2) is 39.2 Å². The Morgan fingerprint density at radius 2 is 1.74 bits per heavy atom. The number of Topliss-reactive ketones (excluding diaryl/α,β-unsaturated/α-hetero) is 2. The van der Waals surface area contributed by atoms with Gasteiger partial charge in [0.2, 0.25) is 0 Å². The van der Waals surface area contributed by atoms with Crippen molar-refractivity contribution in [2.24, 2.45) is 0 Å². The average Bonchev–Trinajstić information content (AvgIpc) is 2.69. The van der Waals surface area contributed by atoms with Crippen molar-refractivity contribution in [3.63, 3.8) is 0 Å². The van der Waals surface area contributed by atoms with Crippen LogP contribution in [0, 0.1) is 13.8 Å². The predicted octanol–water partition coefficient (Wildman–Crippen LogP) is 4.11. The van der Waals surface area contributed by atoms with E-state index in [2.05, 4.69) is 15.9 Å². The Morgan fingerprint density at radius 1 is 1.11 bits per heavy atom. The number of furan rings is 1. The Morgan fingerprint density at radius 3 is 2.26 bits per heavy atom. The highest BCUT2D eigenvalue weighted by molar-refractivity contribution is 9.10. The van der Waals surface area contributed by atoms with E-state index in [1.165, 1.54) is 0 Å². The molecular formula is C15H13BrO3. The van der Waals surface area contributed by atoms with Gasteiger partial charge in [-0.2, -0.15) is 0 Å². The Hall–Kier alpha value is -1.68. The van der Waals surface area contributed by atoms with E-state index in [-0.39, 0.29) is 18.0 Å². The number of rotatable bonds is 4. The molecule has 1 aromatic carbocycles. The lowest BCUT2D eigenvalue weighted by atomic mass is 10.0. The van der Waals surface area contributed by atoms with Gasteiger partial charge in [0.15, 0.2) is 11.6 Å². The highest BCUT2D eigenvalue weighted by Crippen LogP contribution is 2.17. The van der Waals surface area contributed by atoms with Gasteiger partial charge in [0.05, 0.1) is 12.0 Å². The number of carbonyl (C=O) groups is 2. The fourth-order valence-electron chi connectivity index (χ4n) is 1.89. The highest BCUT2D eigenvalue weighted by Gasteiger charge is 2.17. The maximum Gasteiger partial charge on any atom is 0.174 e. The molecule has 2 rings (SSSR count). The van der Waals surface area contributed by atoms with E-state index >= 15 is 0 Å². The maximum absolute atomic E-state index is 12.0. The van der Waals surface area contributed by atoms with Crippen molar-refractivity contribution in [3.05, 3.63) is 57.5 Å². The zero-order chi connectivity index (χ0) is 14.0. The van der Waals surface area contributed by atoms with Gasteiger partial charge in [-0.3, -0.25) is 9.59 Å². The number of hydrogen-bond acceptors (Lipinski definition) is 3. The zero-order valence-corrected chi connectivity index (χ0v) is 12.3. The van der Waals surface area contributed by atoms with Gasteiger partial charge in [-0.15, -0.1) is 0 Å². The molecular weight excluding hydrogens is 308 g/mol. The van der Waals surface area contributed by atoms with Crippen LogP contribution in [0.5, 0.6) is 0 Å². The van der Waals surface area contributed by atoms with E-state index in [9.17, 15) is 9.59 Å². The molecule has 0 N–H and O–H groups in total. The predicted molar refractivity (Wildman–Crippen MR) is 75.6 cm³/mol. The Kier molecular flexibility index (Phi) is 4.00. The summed E-state index contributed by atoms with van der Waals surface area (Å²) in [4.78, 5) is 24.0. The Labute approximate surface area is 119 Å². The minimum absolute atomic E-state index is 0.137. The summed E-state index contributed by atoms with van der Waals surface area (Å²) in [5, 5.41) is 0. The van der Waals surface area contributed by atoms with Crippen molar-refractivity contribution in [1.29, 1.82) is 0 Å². The molecule has 98 valence electrons. The largest absolute Gasteiger partial charge is 0.466 e. The zero-order valence-electron chi connectivity index (χ0n) is 10.7. The quantitative estimate of drug-likeness (QED) is 0.629. The molecule has 0 saturated carbocycles. The van der Waals surface area contributed by atoms with Crippen LogP contribution in [-0.2, 0) is 0 Å². The Balaban J connectivity index is 2.13. The van der Waals surface area contributed by atoms with Gasteiger partial charge in [0.1, 0.15) is 11.5 Å². The van der Waals surface area contributed by atoms with Crippen LogP contribution in [0.2, 0.25) is 0 Å². The van der Waals surface area contributed by atoms with Crippen molar-refractivity contribution in [1.82, 2.24) is 0 Å². The number of aryl methyl sites for hydroxylation is 2. The second kappa shape index (κ2) is 5.53. The molecule has 0 bridgehead atoms. The number of benzene rings is 1. The standard InChI is InChI=1S/C15H13BrO3/c1-9-7-13(10(2)19-9)15(18)8-14(17)11-3-5-12(16)6-4-11/h3-7H,8H2,1-2H3. The van der Waals surface area contributed by atoms with E-state index in [0.717, 1.165) is 4.47 Å². The average molecular weight is 321 g/mol. The Bertz CT molecular complexity index is 623. The molecule has 0 spiro atoms. The van der Waals surface area contributed by atoms with Gasteiger partial charge >= 0.3 is 0 Å². The number of halogens is 1. The third kappa shape index (κ3) is 3.20. The summed E-state index contributed by atoms with van der Waals surface area (Å²) < 4.78 is 6.20.